The lowest BCUT2D eigenvalue weighted by Gasteiger charge is -2.23. The molecule has 3 aromatic rings. The van der Waals surface area contributed by atoms with Gasteiger partial charge in [0.25, 0.3) is 0 Å². The van der Waals surface area contributed by atoms with Crippen molar-refractivity contribution in [1.82, 2.24) is 5.32 Å². The molecule has 1 atom stereocenters. The van der Waals surface area contributed by atoms with Crippen LogP contribution in [0.1, 0.15) is 36.8 Å². The second kappa shape index (κ2) is 7.37. The zero-order valence-electron chi connectivity index (χ0n) is 17.5. The second-order valence-corrected chi connectivity index (χ2v) is 10.2. The Morgan fingerprint density at radius 3 is 2.68 bits per heavy atom. The number of nitrogens with one attached hydrogen (secondary N) is 1. The summed E-state index contributed by atoms with van der Waals surface area (Å²) in [6.07, 6.45) is 2.94. The molecular weight excluding hydrogens is 417 g/mol. The highest BCUT2D eigenvalue weighted by atomic mass is 32.2. The maximum Gasteiger partial charge on any atom is 0.232 e. The molecule has 1 N–H and O–H groups in total. The molecule has 31 heavy (non-hydrogen) atoms. The molecule has 0 fully saturated rings. The molecule has 6 nitrogen and oxygen atoms in total. The van der Waals surface area contributed by atoms with E-state index < -0.39 is 10.0 Å². The van der Waals surface area contributed by atoms with Crippen molar-refractivity contribution in [2.45, 2.75) is 25.7 Å². The van der Waals surface area contributed by atoms with Gasteiger partial charge >= 0.3 is 0 Å². The predicted octanol–water partition coefficient (Wildman–Crippen LogP) is 4.25. The van der Waals surface area contributed by atoms with Gasteiger partial charge < -0.3 is 9.73 Å². The van der Waals surface area contributed by atoms with Gasteiger partial charge in [-0.05, 0) is 54.7 Å². The minimum atomic E-state index is -3.42. The van der Waals surface area contributed by atoms with Crippen LogP contribution in [0.15, 0.2) is 45.8 Å². The number of anilines is 1. The Labute approximate surface area is 180 Å². The molecule has 8 heteroatoms. The number of fused-ring (bicyclic) bond motifs is 2. The minimum Gasteiger partial charge on any atom is -0.455 e. The van der Waals surface area contributed by atoms with E-state index in [0.29, 0.717) is 30.1 Å². The van der Waals surface area contributed by atoms with Gasteiger partial charge in [-0.15, -0.1) is 0 Å². The SMILES string of the molecule is CC1CCCN(S(C)(=O)=O)c2cc3oc(-c4ccc(F)cc4)c(C4=NCCN4)c3cc21. The summed E-state index contributed by atoms with van der Waals surface area (Å²) < 4.78 is 46.3. The summed E-state index contributed by atoms with van der Waals surface area (Å²) >= 11 is 0. The van der Waals surface area contributed by atoms with E-state index in [0.717, 1.165) is 47.3 Å². The van der Waals surface area contributed by atoms with E-state index in [4.69, 9.17) is 4.42 Å². The first-order valence-electron chi connectivity index (χ1n) is 10.5. The van der Waals surface area contributed by atoms with E-state index >= 15 is 0 Å². The first kappa shape index (κ1) is 20.1. The van der Waals surface area contributed by atoms with E-state index in [-0.39, 0.29) is 11.7 Å². The molecule has 0 radical (unpaired) electrons. The molecule has 2 aliphatic rings. The smallest absolute Gasteiger partial charge is 0.232 e. The number of rotatable bonds is 3. The first-order chi connectivity index (χ1) is 14.8. The lowest BCUT2D eigenvalue weighted by molar-refractivity contribution is 0.593. The van der Waals surface area contributed by atoms with Gasteiger partial charge in [0, 0.05) is 30.1 Å². The van der Waals surface area contributed by atoms with Gasteiger partial charge in [0.05, 0.1) is 24.1 Å². The maximum atomic E-state index is 13.5. The van der Waals surface area contributed by atoms with Crippen LogP contribution in [0, 0.1) is 5.82 Å². The largest absolute Gasteiger partial charge is 0.455 e. The number of sulfonamides is 1. The molecular formula is C23H24FN3O3S. The van der Waals surface area contributed by atoms with Crippen LogP contribution in [-0.4, -0.2) is 40.1 Å². The number of halogens is 1. The molecule has 1 aromatic heterocycles. The first-order valence-corrected chi connectivity index (χ1v) is 12.3. The summed E-state index contributed by atoms with van der Waals surface area (Å²) in [4.78, 5) is 4.60. The number of amidine groups is 1. The molecule has 162 valence electrons. The van der Waals surface area contributed by atoms with Crippen molar-refractivity contribution in [2.24, 2.45) is 4.99 Å². The summed E-state index contributed by atoms with van der Waals surface area (Å²) in [5, 5.41) is 4.20. The number of benzene rings is 2. The molecule has 1 unspecified atom stereocenters. The van der Waals surface area contributed by atoms with E-state index in [1.807, 2.05) is 12.1 Å². The van der Waals surface area contributed by atoms with Gasteiger partial charge in [-0.1, -0.05) is 6.92 Å². The molecule has 0 aliphatic carbocycles. The summed E-state index contributed by atoms with van der Waals surface area (Å²) in [7, 11) is -3.42. The molecule has 2 aliphatic heterocycles. The molecule has 0 bridgehead atoms. The quantitative estimate of drug-likeness (QED) is 0.659. The van der Waals surface area contributed by atoms with Crippen molar-refractivity contribution in [2.75, 3.05) is 30.2 Å². The molecule has 5 rings (SSSR count). The number of hydrogen-bond acceptors (Lipinski definition) is 5. The van der Waals surface area contributed by atoms with Gasteiger partial charge in [-0.3, -0.25) is 9.30 Å². The normalized spacial score (nSPS) is 19.1. The van der Waals surface area contributed by atoms with E-state index in [2.05, 4.69) is 17.2 Å². The van der Waals surface area contributed by atoms with Crippen molar-refractivity contribution >= 4 is 32.5 Å². The van der Waals surface area contributed by atoms with Crippen LogP contribution in [0.5, 0.6) is 0 Å². The van der Waals surface area contributed by atoms with Crippen molar-refractivity contribution in [3.8, 4) is 11.3 Å². The van der Waals surface area contributed by atoms with Crippen LogP contribution in [0.3, 0.4) is 0 Å². The Morgan fingerprint density at radius 1 is 1.23 bits per heavy atom. The number of furan rings is 1. The standard InChI is InChI=1S/C23H24FN3O3S/c1-14-4-3-11-27(31(2,28)29)19-13-20-18(12-17(14)19)21(23-25-9-10-26-23)22(30-20)15-5-7-16(24)8-6-15/h5-8,12-14H,3-4,9-11H2,1-2H3,(H,25,26). The van der Waals surface area contributed by atoms with Crippen LogP contribution in [0.2, 0.25) is 0 Å². The monoisotopic (exact) mass is 441 g/mol. The number of nitrogens with zero attached hydrogens (tertiary/aromatic N) is 2. The van der Waals surface area contributed by atoms with E-state index in [1.54, 1.807) is 12.1 Å². The van der Waals surface area contributed by atoms with Gasteiger partial charge in [-0.25, -0.2) is 12.8 Å². The second-order valence-electron chi connectivity index (χ2n) is 8.26. The Bertz CT molecular complexity index is 1300. The fourth-order valence-corrected chi connectivity index (χ4v) is 5.50. The van der Waals surface area contributed by atoms with Crippen molar-refractivity contribution in [1.29, 1.82) is 0 Å². The third-order valence-electron chi connectivity index (χ3n) is 6.05. The maximum absolute atomic E-state index is 13.5. The number of aliphatic imine (C=N–C) groups is 1. The van der Waals surface area contributed by atoms with Crippen LogP contribution in [-0.2, 0) is 10.0 Å². The number of hydrogen-bond donors (Lipinski definition) is 1. The Balaban J connectivity index is 1.80. The van der Waals surface area contributed by atoms with E-state index in [1.165, 1.54) is 22.7 Å². The Morgan fingerprint density at radius 2 is 2.00 bits per heavy atom. The molecule has 0 spiro atoms. The Kier molecular flexibility index (Phi) is 4.77. The minimum absolute atomic E-state index is 0.210. The molecule has 2 aromatic carbocycles. The third kappa shape index (κ3) is 3.48. The van der Waals surface area contributed by atoms with Crippen LogP contribution in [0.25, 0.3) is 22.3 Å². The summed E-state index contributed by atoms with van der Waals surface area (Å²) in [6, 6.07) is 10.1. The van der Waals surface area contributed by atoms with Crippen LogP contribution < -0.4 is 9.62 Å². The average molecular weight is 442 g/mol. The van der Waals surface area contributed by atoms with E-state index in [9.17, 15) is 12.8 Å². The molecule has 0 amide bonds. The van der Waals surface area contributed by atoms with Crippen molar-refractivity contribution in [3.05, 3.63) is 53.3 Å². The van der Waals surface area contributed by atoms with Gasteiger partial charge in [0.2, 0.25) is 10.0 Å². The van der Waals surface area contributed by atoms with Crippen LogP contribution >= 0.6 is 0 Å². The molecule has 0 saturated heterocycles. The lowest BCUT2D eigenvalue weighted by atomic mass is 9.93. The molecule has 0 saturated carbocycles. The fraction of sp³-hybridized carbons (Fsp3) is 0.348. The van der Waals surface area contributed by atoms with Crippen molar-refractivity contribution in [3.63, 3.8) is 0 Å². The summed E-state index contributed by atoms with van der Waals surface area (Å²) in [5.74, 6) is 1.24. The summed E-state index contributed by atoms with van der Waals surface area (Å²) in [5.41, 5.74) is 3.83. The van der Waals surface area contributed by atoms with Gasteiger partial charge in [0.1, 0.15) is 23.0 Å². The average Bonchev–Trinajstić information content (AvgIpc) is 3.33. The highest BCUT2D eigenvalue weighted by molar-refractivity contribution is 7.92. The molecule has 3 heterocycles. The van der Waals surface area contributed by atoms with Crippen LogP contribution in [0.4, 0.5) is 10.1 Å². The van der Waals surface area contributed by atoms with Gasteiger partial charge in [-0.2, -0.15) is 0 Å². The third-order valence-corrected chi connectivity index (χ3v) is 7.23. The topological polar surface area (TPSA) is 74.9 Å². The zero-order valence-corrected chi connectivity index (χ0v) is 18.3. The zero-order chi connectivity index (χ0) is 21.8. The predicted molar refractivity (Wildman–Crippen MR) is 121 cm³/mol. The highest BCUT2D eigenvalue weighted by Crippen LogP contribution is 2.42. The summed E-state index contributed by atoms with van der Waals surface area (Å²) in [6.45, 7) is 4.00. The highest BCUT2D eigenvalue weighted by Gasteiger charge is 2.30. The fourth-order valence-electron chi connectivity index (χ4n) is 4.53. The Hall–Kier alpha value is -2.87. The lowest BCUT2D eigenvalue weighted by Crippen LogP contribution is -2.30. The van der Waals surface area contributed by atoms with Gasteiger partial charge in [0.15, 0.2) is 0 Å². The van der Waals surface area contributed by atoms with Crippen molar-refractivity contribution < 1.29 is 17.2 Å².